The summed E-state index contributed by atoms with van der Waals surface area (Å²) in [6.07, 6.45) is -1.29. The van der Waals surface area contributed by atoms with E-state index in [2.05, 4.69) is 0 Å². The lowest BCUT2D eigenvalue weighted by Gasteiger charge is -2.27. The molecule has 0 saturated heterocycles. The normalized spacial score (nSPS) is 16.0. The van der Waals surface area contributed by atoms with Crippen molar-refractivity contribution in [3.63, 3.8) is 0 Å². The van der Waals surface area contributed by atoms with Crippen LogP contribution >= 0.6 is 11.6 Å². The first-order chi connectivity index (χ1) is 10.3. The van der Waals surface area contributed by atoms with Crippen molar-refractivity contribution < 1.29 is 13.5 Å². The third kappa shape index (κ3) is 3.19. The molecule has 3 nitrogen and oxygen atoms in total. The minimum atomic E-state index is -3.59. The van der Waals surface area contributed by atoms with Crippen molar-refractivity contribution in [2.75, 3.05) is 5.75 Å². The topological polar surface area (TPSA) is 54.4 Å². The first-order valence-corrected chi connectivity index (χ1v) is 9.07. The molecule has 0 fully saturated rings. The minimum Gasteiger partial charge on any atom is -0.385 e. The summed E-state index contributed by atoms with van der Waals surface area (Å²) in [7, 11) is -3.59. The van der Waals surface area contributed by atoms with E-state index in [0.717, 1.165) is 11.1 Å². The van der Waals surface area contributed by atoms with Gasteiger partial charge in [-0.05, 0) is 23.6 Å². The maximum absolute atomic E-state index is 12.0. The molecule has 0 spiro atoms. The van der Waals surface area contributed by atoms with Gasteiger partial charge >= 0.3 is 0 Å². The smallest absolute Gasteiger partial charge is 0.172 e. The highest BCUT2D eigenvalue weighted by atomic mass is 35.5. The number of aliphatic hydroxyl groups excluding tert-OH is 1. The van der Waals surface area contributed by atoms with E-state index in [0.29, 0.717) is 5.56 Å². The van der Waals surface area contributed by atoms with E-state index in [1.807, 2.05) is 42.5 Å². The Morgan fingerprint density at radius 2 is 1.55 bits per heavy atom. The third-order valence-electron chi connectivity index (χ3n) is 3.81. The summed E-state index contributed by atoms with van der Waals surface area (Å²) in [5.41, 5.74) is 2.53. The summed E-state index contributed by atoms with van der Waals surface area (Å²) in [4.78, 5) is 0. The second kappa shape index (κ2) is 6.41. The summed E-state index contributed by atoms with van der Waals surface area (Å²) in [5, 5.41) is 10.4. The highest BCUT2D eigenvalue weighted by Gasteiger charge is 2.43. The Kier molecular flexibility index (Phi) is 4.95. The Morgan fingerprint density at radius 3 is 2.05 bits per heavy atom. The molecule has 0 saturated carbocycles. The molecule has 22 heavy (non-hydrogen) atoms. The third-order valence-corrected chi connectivity index (χ3v) is 6.92. The van der Waals surface area contributed by atoms with Gasteiger partial charge in [-0.3, -0.25) is 0 Å². The van der Waals surface area contributed by atoms with Crippen LogP contribution in [0.25, 0.3) is 11.1 Å². The van der Waals surface area contributed by atoms with Crippen molar-refractivity contribution in [1.29, 1.82) is 0 Å². The standard InChI is InChI=1S/C17H19ClO3S/c1-3-22(20,21)17(2,18)16(19)15-11-9-14(10-12-15)13-7-5-4-6-8-13/h4-12,16,19H,3H2,1-2H3/t16-,17+/m0/s1. The van der Waals surface area contributed by atoms with Gasteiger partial charge in [-0.2, -0.15) is 0 Å². The van der Waals surface area contributed by atoms with E-state index in [-0.39, 0.29) is 5.75 Å². The predicted octanol–water partition coefficient (Wildman–Crippen LogP) is 3.78. The monoisotopic (exact) mass is 338 g/mol. The zero-order valence-electron chi connectivity index (χ0n) is 12.5. The Balaban J connectivity index is 2.31. The molecule has 1 N–H and O–H groups in total. The fourth-order valence-electron chi connectivity index (χ4n) is 2.24. The van der Waals surface area contributed by atoms with Gasteiger partial charge in [0.2, 0.25) is 0 Å². The van der Waals surface area contributed by atoms with E-state index in [9.17, 15) is 13.5 Å². The quantitative estimate of drug-likeness (QED) is 0.844. The largest absolute Gasteiger partial charge is 0.385 e. The average molecular weight is 339 g/mol. The highest BCUT2D eigenvalue weighted by molar-refractivity contribution is 7.94. The Bertz CT molecular complexity index is 722. The van der Waals surface area contributed by atoms with Crippen LogP contribution < -0.4 is 0 Å². The van der Waals surface area contributed by atoms with Crippen molar-refractivity contribution >= 4 is 21.4 Å². The van der Waals surface area contributed by atoms with E-state index in [4.69, 9.17) is 11.6 Å². The molecule has 118 valence electrons. The van der Waals surface area contributed by atoms with Crippen molar-refractivity contribution in [3.05, 3.63) is 60.2 Å². The number of sulfone groups is 1. The number of alkyl halides is 1. The van der Waals surface area contributed by atoms with Crippen LogP contribution in [0.4, 0.5) is 0 Å². The van der Waals surface area contributed by atoms with Gasteiger partial charge in [0.15, 0.2) is 14.0 Å². The van der Waals surface area contributed by atoms with Crippen LogP contribution in [-0.4, -0.2) is 23.5 Å². The van der Waals surface area contributed by atoms with E-state index >= 15 is 0 Å². The zero-order chi connectivity index (χ0) is 16.4. The van der Waals surface area contributed by atoms with Crippen LogP contribution in [0.1, 0.15) is 25.5 Å². The molecule has 0 aliphatic rings. The van der Waals surface area contributed by atoms with Gasteiger partial charge in [-0.1, -0.05) is 73.1 Å². The lowest BCUT2D eigenvalue weighted by atomic mass is 10.0. The van der Waals surface area contributed by atoms with E-state index < -0.39 is 20.1 Å². The molecule has 0 heterocycles. The number of halogens is 1. The molecule has 0 aliphatic carbocycles. The maximum atomic E-state index is 12.0. The van der Waals surface area contributed by atoms with E-state index in [1.165, 1.54) is 13.8 Å². The summed E-state index contributed by atoms with van der Waals surface area (Å²) < 4.78 is 22.3. The predicted molar refractivity (Wildman–Crippen MR) is 90.6 cm³/mol. The molecular formula is C17H19ClO3S. The summed E-state index contributed by atoms with van der Waals surface area (Å²) in [5.74, 6) is -0.119. The maximum Gasteiger partial charge on any atom is 0.172 e. The Morgan fingerprint density at radius 1 is 1.05 bits per heavy atom. The lowest BCUT2D eigenvalue weighted by molar-refractivity contribution is 0.162. The summed E-state index contributed by atoms with van der Waals surface area (Å²) >= 11 is 6.13. The molecule has 0 unspecified atom stereocenters. The molecular weight excluding hydrogens is 320 g/mol. The number of rotatable bonds is 5. The van der Waals surface area contributed by atoms with Gasteiger partial charge < -0.3 is 5.11 Å². The molecule has 0 radical (unpaired) electrons. The fraction of sp³-hybridized carbons (Fsp3) is 0.294. The number of benzene rings is 2. The molecule has 2 aromatic carbocycles. The van der Waals surface area contributed by atoms with E-state index in [1.54, 1.807) is 12.1 Å². The van der Waals surface area contributed by atoms with Crippen LogP contribution in [0, 0.1) is 0 Å². The van der Waals surface area contributed by atoms with Crippen molar-refractivity contribution in [2.45, 2.75) is 24.2 Å². The first kappa shape index (κ1) is 17.0. The molecule has 2 aromatic rings. The molecule has 0 aliphatic heterocycles. The summed E-state index contributed by atoms with van der Waals surface area (Å²) in [6.45, 7) is 2.85. The van der Waals surface area contributed by atoms with Gasteiger partial charge in [0.05, 0.1) is 0 Å². The van der Waals surface area contributed by atoms with Crippen LogP contribution in [0.5, 0.6) is 0 Å². The van der Waals surface area contributed by atoms with Gasteiger partial charge in [0.25, 0.3) is 0 Å². The zero-order valence-corrected chi connectivity index (χ0v) is 14.1. The first-order valence-electron chi connectivity index (χ1n) is 7.04. The molecule has 0 aromatic heterocycles. The number of hydrogen-bond acceptors (Lipinski definition) is 3. The van der Waals surface area contributed by atoms with Crippen LogP contribution in [-0.2, 0) is 9.84 Å². The minimum absolute atomic E-state index is 0.119. The average Bonchev–Trinajstić information content (AvgIpc) is 2.55. The van der Waals surface area contributed by atoms with Gasteiger partial charge in [0, 0.05) is 5.75 Å². The number of aliphatic hydroxyl groups is 1. The fourth-order valence-corrected chi connectivity index (χ4v) is 3.73. The Hall–Kier alpha value is -1.36. The van der Waals surface area contributed by atoms with Crippen molar-refractivity contribution in [3.8, 4) is 11.1 Å². The van der Waals surface area contributed by atoms with Crippen LogP contribution in [0.2, 0.25) is 0 Å². The van der Waals surface area contributed by atoms with Crippen molar-refractivity contribution in [2.24, 2.45) is 0 Å². The molecule has 2 atom stereocenters. The molecule has 0 bridgehead atoms. The molecule has 0 amide bonds. The van der Waals surface area contributed by atoms with Gasteiger partial charge in [-0.25, -0.2) is 8.42 Å². The SMILES string of the molecule is CCS(=O)(=O)[C@@](C)(Cl)[C@@H](O)c1ccc(-c2ccccc2)cc1. The second-order valence-electron chi connectivity index (χ2n) is 5.28. The van der Waals surface area contributed by atoms with Crippen LogP contribution in [0.15, 0.2) is 54.6 Å². The second-order valence-corrected chi connectivity index (χ2v) is 8.94. The van der Waals surface area contributed by atoms with Crippen molar-refractivity contribution in [1.82, 2.24) is 0 Å². The van der Waals surface area contributed by atoms with Gasteiger partial charge in [0.1, 0.15) is 6.10 Å². The Labute approximate surface area is 136 Å². The number of hydrogen-bond donors (Lipinski definition) is 1. The highest BCUT2D eigenvalue weighted by Crippen LogP contribution is 2.37. The lowest BCUT2D eigenvalue weighted by Crippen LogP contribution is -2.37. The molecule has 5 heteroatoms. The molecule has 2 rings (SSSR count). The van der Waals surface area contributed by atoms with Crippen LogP contribution in [0.3, 0.4) is 0 Å². The summed E-state index contributed by atoms with van der Waals surface area (Å²) in [6, 6.07) is 16.9. The van der Waals surface area contributed by atoms with Gasteiger partial charge in [-0.15, -0.1) is 0 Å².